The van der Waals surface area contributed by atoms with Gasteiger partial charge in [0, 0.05) is 11.6 Å². The molecule has 0 saturated heterocycles. The van der Waals surface area contributed by atoms with Crippen molar-refractivity contribution >= 4 is 29.0 Å². The molecule has 4 rings (SSSR count). The number of carbonyl (C=O) groups is 1. The van der Waals surface area contributed by atoms with Crippen molar-refractivity contribution in [2.45, 2.75) is 6.61 Å². The third kappa shape index (κ3) is 4.49. The van der Waals surface area contributed by atoms with Gasteiger partial charge in [-0.05, 0) is 54.2 Å². The molecule has 0 aliphatic heterocycles. The first-order valence-electron chi connectivity index (χ1n) is 9.46. The molecule has 1 amide bonds. The predicted octanol–water partition coefficient (Wildman–Crippen LogP) is 4.03. The van der Waals surface area contributed by atoms with Crippen molar-refractivity contribution in [1.82, 2.24) is 9.66 Å². The third-order valence-corrected chi connectivity index (χ3v) is 4.97. The van der Waals surface area contributed by atoms with Gasteiger partial charge in [-0.3, -0.25) is 15.0 Å². The molecule has 0 bridgehead atoms. The van der Waals surface area contributed by atoms with E-state index in [0.29, 0.717) is 34.6 Å². The van der Waals surface area contributed by atoms with Crippen LogP contribution in [0.15, 0.2) is 77.6 Å². The molecule has 4 aromatic rings. The Kier molecular flexibility index (Phi) is 5.81. The Morgan fingerprint density at radius 1 is 1.03 bits per heavy atom. The van der Waals surface area contributed by atoms with Gasteiger partial charge in [-0.1, -0.05) is 30.3 Å². The second kappa shape index (κ2) is 8.85. The summed E-state index contributed by atoms with van der Waals surface area (Å²) in [6.07, 6.45) is 0. The van der Waals surface area contributed by atoms with Crippen LogP contribution in [0, 0.1) is 4.77 Å². The van der Waals surface area contributed by atoms with E-state index < -0.39 is 11.5 Å². The Hall–Kier alpha value is -3.91. The minimum Gasteiger partial charge on any atom is -0.497 e. The lowest BCUT2D eigenvalue weighted by Gasteiger charge is -2.11. The number of hydrogen-bond donors (Lipinski definition) is 2. The van der Waals surface area contributed by atoms with Gasteiger partial charge in [-0.2, -0.15) is 4.68 Å². The molecule has 0 spiro atoms. The summed E-state index contributed by atoms with van der Waals surface area (Å²) in [5, 5.41) is 0.432. The number of ether oxygens (including phenoxy) is 2. The molecule has 31 heavy (non-hydrogen) atoms. The Morgan fingerprint density at radius 3 is 2.55 bits per heavy atom. The molecule has 1 aromatic heterocycles. The van der Waals surface area contributed by atoms with Crippen LogP contribution in [-0.4, -0.2) is 22.7 Å². The number of amides is 1. The molecule has 7 nitrogen and oxygen atoms in total. The van der Waals surface area contributed by atoms with Crippen LogP contribution >= 0.6 is 12.2 Å². The zero-order valence-corrected chi connectivity index (χ0v) is 17.4. The Bertz CT molecular complexity index is 1360. The molecule has 0 atom stereocenters. The quantitative estimate of drug-likeness (QED) is 0.449. The second-order valence-corrected chi connectivity index (χ2v) is 7.11. The van der Waals surface area contributed by atoms with E-state index in [-0.39, 0.29) is 4.77 Å². The fraction of sp³-hybridized carbons (Fsp3) is 0.0870. The van der Waals surface area contributed by atoms with Crippen LogP contribution in [-0.2, 0) is 6.61 Å². The summed E-state index contributed by atoms with van der Waals surface area (Å²) in [6.45, 7) is 0.338. The zero-order chi connectivity index (χ0) is 21.8. The summed E-state index contributed by atoms with van der Waals surface area (Å²) < 4.78 is 12.1. The zero-order valence-electron chi connectivity index (χ0n) is 16.6. The Morgan fingerprint density at radius 2 is 1.77 bits per heavy atom. The molecular formula is C23H19N3O4S. The maximum absolute atomic E-state index is 12.7. The molecule has 1 heterocycles. The number of rotatable bonds is 6. The predicted molar refractivity (Wildman–Crippen MR) is 121 cm³/mol. The smallest absolute Gasteiger partial charge is 0.281 e. The number of carbonyl (C=O) groups excluding carboxylic acids is 1. The number of aromatic nitrogens is 2. The van der Waals surface area contributed by atoms with E-state index >= 15 is 0 Å². The second-order valence-electron chi connectivity index (χ2n) is 6.72. The number of methoxy groups -OCH3 is 1. The average molecular weight is 433 g/mol. The minimum absolute atomic E-state index is 0.111. The number of H-pyrrole nitrogens is 1. The maximum atomic E-state index is 12.7. The molecule has 156 valence electrons. The van der Waals surface area contributed by atoms with E-state index in [1.54, 1.807) is 61.7 Å². The van der Waals surface area contributed by atoms with Crippen molar-refractivity contribution in [1.29, 1.82) is 0 Å². The summed E-state index contributed by atoms with van der Waals surface area (Å²) in [4.78, 5) is 28.3. The molecular weight excluding hydrogens is 414 g/mol. The molecule has 0 radical (unpaired) electrons. The number of hydrogen-bond acceptors (Lipinski definition) is 5. The monoisotopic (exact) mass is 433 g/mol. The first-order chi connectivity index (χ1) is 15.0. The minimum atomic E-state index is -0.447. The molecule has 3 aromatic carbocycles. The van der Waals surface area contributed by atoms with E-state index in [1.807, 2.05) is 18.2 Å². The van der Waals surface area contributed by atoms with Crippen molar-refractivity contribution in [3.63, 3.8) is 0 Å². The van der Waals surface area contributed by atoms with Gasteiger partial charge in [0.1, 0.15) is 18.1 Å². The van der Waals surface area contributed by atoms with Crippen LogP contribution in [0.5, 0.6) is 11.5 Å². The Balaban J connectivity index is 1.47. The van der Waals surface area contributed by atoms with Gasteiger partial charge < -0.3 is 14.5 Å². The lowest BCUT2D eigenvalue weighted by molar-refractivity contribution is 0.101. The van der Waals surface area contributed by atoms with Crippen molar-refractivity contribution < 1.29 is 14.3 Å². The molecule has 0 aliphatic rings. The van der Waals surface area contributed by atoms with E-state index in [9.17, 15) is 9.59 Å². The van der Waals surface area contributed by atoms with Crippen LogP contribution in [0.2, 0.25) is 0 Å². The maximum Gasteiger partial charge on any atom is 0.281 e. The van der Waals surface area contributed by atoms with Gasteiger partial charge in [-0.25, -0.2) is 0 Å². The van der Waals surface area contributed by atoms with Gasteiger partial charge in [0.05, 0.1) is 18.0 Å². The molecule has 0 saturated carbocycles. The largest absolute Gasteiger partial charge is 0.497 e. The number of para-hydroxylation sites is 1. The highest BCUT2D eigenvalue weighted by molar-refractivity contribution is 7.71. The number of fused-ring (bicyclic) bond motifs is 1. The summed E-state index contributed by atoms with van der Waals surface area (Å²) in [5.74, 6) is 0.954. The standard InChI is InChI=1S/C23H19N3O4S/c1-29-17-5-4-6-18(13-17)30-14-15-9-11-16(12-10-15)21(27)25-26-22(28)19-7-2-3-8-20(19)24-23(26)31/h2-13H,14H2,1H3,(H,24,31)(H,25,27). The van der Waals surface area contributed by atoms with Gasteiger partial charge in [0.15, 0.2) is 4.77 Å². The van der Waals surface area contributed by atoms with E-state index in [0.717, 1.165) is 10.2 Å². The Labute approximate surface area is 182 Å². The van der Waals surface area contributed by atoms with E-state index in [1.165, 1.54) is 0 Å². The molecule has 8 heteroatoms. The van der Waals surface area contributed by atoms with Crippen molar-refractivity contribution in [2.24, 2.45) is 0 Å². The van der Waals surface area contributed by atoms with Crippen molar-refractivity contribution in [3.8, 4) is 11.5 Å². The van der Waals surface area contributed by atoms with Crippen LogP contribution in [0.1, 0.15) is 15.9 Å². The van der Waals surface area contributed by atoms with Crippen LogP contribution in [0.25, 0.3) is 10.9 Å². The topological polar surface area (TPSA) is 85.3 Å². The lowest BCUT2D eigenvalue weighted by atomic mass is 10.1. The van der Waals surface area contributed by atoms with Crippen LogP contribution < -0.4 is 20.5 Å². The SMILES string of the molecule is COc1cccc(OCc2ccc(C(=O)Nn3c(=S)[nH]c4ccccc4c3=O)cc2)c1. The summed E-state index contributed by atoms with van der Waals surface area (Å²) >= 11 is 5.22. The number of benzene rings is 3. The molecule has 0 fully saturated rings. The molecule has 0 unspecified atom stereocenters. The van der Waals surface area contributed by atoms with E-state index in [2.05, 4.69) is 10.4 Å². The fourth-order valence-electron chi connectivity index (χ4n) is 3.04. The van der Waals surface area contributed by atoms with Crippen LogP contribution in [0.4, 0.5) is 0 Å². The van der Waals surface area contributed by atoms with Crippen LogP contribution in [0.3, 0.4) is 0 Å². The molecule has 0 aliphatic carbocycles. The average Bonchev–Trinajstić information content (AvgIpc) is 2.80. The third-order valence-electron chi connectivity index (χ3n) is 4.68. The lowest BCUT2D eigenvalue weighted by Crippen LogP contribution is -2.34. The highest BCUT2D eigenvalue weighted by atomic mass is 32.1. The van der Waals surface area contributed by atoms with Crippen molar-refractivity contribution in [3.05, 3.63) is 99.0 Å². The highest BCUT2D eigenvalue weighted by Crippen LogP contribution is 2.20. The summed E-state index contributed by atoms with van der Waals surface area (Å²) in [5.41, 5.74) is 4.06. The van der Waals surface area contributed by atoms with Gasteiger partial charge >= 0.3 is 0 Å². The number of aromatic amines is 1. The van der Waals surface area contributed by atoms with Gasteiger partial charge in [0.25, 0.3) is 11.5 Å². The van der Waals surface area contributed by atoms with Crippen molar-refractivity contribution in [2.75, 3.05) is 12.5 Å². The first-order valence-corrected chi connectivity index (χ1v) is 9.87. The summed E-state index contributed by atoms with van der Waals surface area (Å²) in [6, 6.07) is 21.2. The summed E-state index contributed by atoms with van der Waals surface area (Å²) in [7, 11) is 1.60. The number of nitrogens with one attached hydrogen (secondary N) is 2. The first kappa shape index (κ1) is 20.4. The van der Waals surface area contributed by atoms with Gasteiger partial charge in [-0.15, -0.1) is 0 Å². The van der Waals surface area contributed by atoms with Gasteiger partial charge in [0.2, 0.25) is 0 Å². The molecule has 2 N–H and O–H groups in total. The highest BCUT2D eigenvalue weighted by Gasteiger charge is 2.11. The fourth-order valence-corrected chi connectivity index (χ4v) is 3.28. The normalized spacial score (nSPS) is 10.6. The van der Waals surface area contributed by atoms with E-state index in [4.69, 9.17) is 21.7 Å². The number of nitrogens with zero attached hydrogens (tertiary/aromatic N) is 1.